The summed E-state index contributed by atoms with van der Waals surface area (Å²) in [5.41, 5.74) is 2.03. The summed E-state index contributed by atoms with van der Waals surface area (Å²) in [5.74, 6) is 2.69. The van der Waals surface area contributed by atoms with E-state index in [2.05, 4.69) is 0 Å². The van der Waals surface area contributed by atoms with E-state index in [1.54, 1.807) is 28.4 Å². The second kappa shape index (κ2) is 8.67. The molecule has 0 N–H and O–H groups in total. The third kappa shape index (κ3) is 4.32. The van der Waals surface area contributed by atoms with E-state index >= 15 is 0 Å². The Labute approximate surface area is 142 Å². The molecule has 0 aliphatic heterocycles. The van der Waals surface area contributed by atoms with Crippen LogP contribution in [0.15, 0.2) is 48.6 Å². The van der Waals surface area contributed by atoms with E-state index in [1.165, 1.54) is 0 Å². The van der Waals surface area contributed by atoms with Crippen molar-refractivity contribution >= 4 is 12.2 Å². The molecule has 0 fully saturated rings. The highest BCUT2D eigenvalue weighted by Crippen LogP contribution is 2.38. The van der Waals surface area contributed by atoms with Gasteiger partial charge in [-0.2, -0.15) is 0 Å². The normalized spacial score (nSPS) is 11.0. The lowest BCUT2D eigenvalue weighted by atomic mass is 10.1. The molecule has 0 unspecified atom stereocenters. The topological polar surface area (TPSA) is 36.9 Å². The molecule has 4 heteroatoms. The first kappa shape index (κ1) is 17.5. The predicted molar refractivity (Wildman–Crippen MR) is 97.2 cm³/mol. The summed E-state index contributed by atoms with van der Waals surface area (Å²) in [4.78, 5) is 0. The van der Waals surface area contributed by atoms with Crippen LogP contribution in [0, 0.1) is 0 Å². The van der Waals surface area contributed by atoms with Crippen LogP contribution in [0.1, 0.15) is 11.1 Å². The van der Waals surface area contributed by atoms with Gasteiger partial charge in [-0.15, -0.1) is 0 Å². The Morgan fingerprint density at radius 2 is 1.29 bits per heavy atom. The van der Waals surface area contributed by atoms with Gasteiger partial charge in [-0.25, -0.2) is 0 Å². The molecule has 0 saturated heterocycles. The zero-order chi connectivity index (χ0) is 17.4. The van der Waals surface area contributed by atoms with Gasteiger partial charge in [0.05, 0.1) is 28.4 Å². The molecule has 24 heavy (non-hydrogen) atoms. The molecular formula is C20H22O4. The first-order valence-corrected chi connectivity index (χ1v) is 7.50. The molecule has 4 nitrogen and oxygen atoms in total. The van der Waals surface area contributed by atoms with Gasteiger partial charge in [0.1, 0.15) is 5.75 Å². The van der Waals surface area contributed by atoms with Crippen molar-refractivity contribution in [3.63, 3.8) is 0 Å². The predicted octanol–water partition coefficient (Wildman–Crippen LogP) is 4.45. The van der Waals surface area contributed by atoms with Crippen molar-refractivity contribution in [2.45, 2.75) is 0 Å². The molecule has 2 aromatic carbocycles. The number of ether oxygens (including phenoxy) is 4. The fourth-order valence-electron chi connectivity index (χ4n) is 2.28. The van der Waals surface area contributed by atoms with Crippen molar-refractivity contribution in [3.8, 4) is 23.0 Å². The second-order valence-electron chi connectivity index (χ2n) is 4.95. The van der Waals surface area contributed by atoms with Crippen LogP contribution < -0.4 is 18.9 Å². The molecule has 0 spiro atoms. The van der Waals surface area contributed by atoms with Crippen molar-refractivity contribution < 1.29 is 18.9 Å². The summed E-state index contributed by atoms with van der Waals surface area (Å²) in [6.45, 7) is 0. The van der Waals surface area contributed by atoms with Crippen molar-refractivity contribution in [1.29, 1.82) is 0 Å². The van der Waals surface area contributed by atoms with Crippen LogP contribution in [0.25, 0.3) is 12.2 Å². The minimum absolute atomic E-state index is 0.587. The van der Waals surface area contributed by atoms with Crippen LogP contribution in [0.2, 0.25) is 0 Å². The third-order valence-electron chi connectivity index (χ3n) is 3.47. The number of hydrogen-bond donors (Lipinski definition) is 0. The fourth-order valence-corrected chi connectivity index (χ4v) is 2.28. The minimum Gasteiger partial charge on any atom is -0.497 e. The number of benzene rings is 2. The molecule has 0 aliphatic carbocycles. The maximum absolute atomic E-state index is 5.35. The molecule has 0 saturated carbocycles. The number of methoxy groups -OCH3 is 4. The van der Waals surface area contributed by atoms with Crippen LogP contribution in [-0.2, 0) is 0 Å². The number of hydrogen-bond acceptors (Lipinski definition) is 4. The van der Waals surface area contributed by atoms with Gasteiger partial charge >= 0.3 is 0 Å². The van der Waals surface area contributed by atoms with E-state index in [0.29, 0.717) is 17.2 Å². The highest BCUT2D eigenvalue weighted by atomic mass is 16.5. The first-order chi connectivity index (χ1) is 11.7. The molecule has 0 bridgehead atoms. The summed E-state index contributed by atoms with van der Waals surface area (Å²) >= 11 is 0. The largest absolute Gasteiger partial charge is 0.497 e. The van der Waals surface area contributed by atoms with Gasteiger partial charge in [-0.3, -0.25) is 0 Å². The van der Waals surface area contributed by atoms with Crippen LogP contribution in [-0.4, -0.2) is 28.4 Å². The molecule has 126 valence electrons. The average Bonchev–Trinajstić information content (AvgIpc) is 2.64. The average molecular weight is 326 g/mol. The summed E-state index contributed by atoms with van der Waals surface area (Å²) in [6.07, 6.45) is 7.91. The quantitative estimate of drug-likeness (QED) is 0.705. The second-order valence-corrected chi connectivity index (χ2v) is 4.95. The van der Waals surface area contributed by atoms with Gasteiger partial charge in [0, 0.05) is 0 Å². The van der Waals surface area contributed by atoms with Crippen LogP contribution >= 0.6 is 0 Å². The lowest BCUT2D eigenvalue weighted by Gasteiger charge is -2.12. The number of rotatable bonds is 7. The maximum Gasteiger partial charge on any atom is 0.203 e. The molecule has 2 rings (SSSR count). The Morgan fingerprint density at radius 1 is 0.667 bits per heavy atom. The van der Waals surface area contributed by atoms with E-state index < -0.39 is 0 Å². The highest BCUT2D eigenvalue weighted by Gasteiger charge is 2.11. The molecule has 0 radical (unpaired) electrons. The van der Waals surface area contributed by atoms with Crippen LogP contribution in [0.3, 0.4) is 0 Å². The van der Waals surface area contributed by atoms with E-state index in [4.69, 9.17) is 18.9 Å². The molecule has 0 aliphatic rings. The molecule has 0 heterocycles. The molecular weight excluding hydrogens is 304 g/mol. The Bertz CT molecular complexity index is 707. The third-order valence-corrected chi connectivity index (χ3v) is 3.47. The Kier molecular flexibility index (Phi) is 6.32. The molecule has 2 aromatic rings. The maximum atomic E-state index is 5.35. The zero-order valence-corrected chi connectivity index (χ0v) is 14.4. The van der Waals surface area contributed by atoms with Crippen molar-refractivity contribution in [3.05, 3.63) is 59.7 Å². The monoisotopic (exact) mass is 326 g/mol. The summed E-state index contributed by atoms with van der Waals surface area (Å²) in [5, 5.41) is 0. The smallest absolute Gasteiger partial charge is 0.203 e. The van der Waals surface area contributed by atoms with Gasteiger partial charge in [-0.05, 0) is 35.4 Å². The Morgan fingerprint density at radius 3 is 1.83 bits per heavy atom. The van der Waals surface area contributed by atoms with Crippen molar-refractivity contribution in [2.75, 3.05) is 28.4 Å². The molecule has 0 aromatic heterocycles. The lowest BCUT2D eigenvalue weighted by molar-refractivity contribution is 0.324. The van der Waals surface area contributed by atoms with E-state index in [0.717, 1.165) is 16.9 Å². The Hall–Kier alpha value is -2.88. The zero-order valence-electron chi connectivity index (χ0n) is 14.4. The highest BCUT2D eigenvalue weighted by molar-refractivity contribution is 5.64. The minimum atomic E-state index is 0.587. The summed E-state index contributed by atoms with van der Waals surface area (Å²) < 4.78 is 21.2. The van der Waals surface area contributed by atoms with Crippen molar-refractivity contribution in [2.24, 2.45) is 0 Å². The molecule has 0 atom stereocenters. The van der Waals surface area contributed by atoms with Crippen molar-refractivity contribution in [1.82, 2.24) is 0 Å². The summed E-state index contributed by atoms with van der Waals surface area (Å²) in [6, 6.07) is 11.7. The van der Waals surface area contributed by atoms with Gasteiger partial charge in [0.2, 0.25) is 5.75 Å². The molecule has 0 amide bonds. The lowest BCUT2D eigenvalue weighted by Crippen LogP contribution is -1.95. The van der Waals surface area contributed by atoms with Gasteiger partial charge in [0.25, 0.3) is 0 Å². The Balaban J connectivity index is 2.17. The van der Waals surface area contributed by atoms with E-state index in [9.17, 15) is 0 Å². The van der Waals surface area contributed by atoms with Crippen LogP contribution in [0.5, 0.6) is 23.0 Å². The number of allylic oxidation sites excluding steroid dienone is 2. The van der Waals surface area contributed by atoms with Gasteiger partial charge in [0.15, 0.2) is 11.5 Å². The first-order valence-electron chi connectivity index (χ1n) is 7.50. The van der Waals surface area contributed by atoms with E-state index in [-0.39, 0.29) is 0 Å². The van der Waals surface area contributed by atoms with E-state index in [1.807, 2.05) is 60.7 Å². The van der Waals surface area contributed by atoms with Gasteiger partial charge < -0.3 is 18.9 Å². The van der Waals surface area contributed by atoms with Gasteiger partial charge in [-0.1, -0.05) is 36.4 Å². The standard InChI is InChI=1S/C20H22O4/c1-21-17-11-7-10-15(12-17)8-5-6-9-16-13-18(22-2)20(24-4)19(14-16)23-3/h5-14H,1-4H3/b8-5-,9-6+. The SMILES string of the molecule is COc1cccc(/C=C\C=C\c2cc(OC)c(OC)c(OC)c2)c1. The fraction of sp³-hybridized carbons (Fsp3) is 0.200. The summed E-state index contributed by atoms with van der Waals surface area (Å²) in [7, 11) is 6.46. The van der Waals surface area contributed by atoms with Crippen LogP contribution in [0.4, 0.5) is 0 Å².